The molecule has 1 saturated heterocycles. The second-order valence-electron chi connectivity index (χ2n) is 4.40. The van der Waals surface area contributed by atoms with Gasteiger partial charge in [-0.1, -0.05) is 19.1 Å². The minimum atomic E-state index is -0.170. The Morgan fingerprint density at radius 3 is 2.12 bits per heavy atom. The number of carbonyl (C=O) groups excluding carboxylic acids is 2. The van der Waals surface area contributed by atoms with Gasteiger partial charge in [0.15, 0.2) is 0 Å². The van der Waals surface area contributed by atoms with Gasteiger partial charge in [-0.25, -0.2) is 0 Å². The van der Waals surface area contributed by atoms with Gasteiger partial charge in [0.05, 0.1) is 4.99 Å². The van der Waals surface area contributed by atoms with E-state index < -0.39 is 0 Å². The first-order valence-corrected chi connectivity index (χ1v) is 6.15. The van der Waals surface area contributed by atoms with Crippen molar-refractivity contribution in [1.82, 2.24) is 9.80 Å². The van der Waals surface area contributed by atoms with Crippen molar-refractivity contribution in [3.8, 4) is 0 Å². The summed E-state index contributed by atoms with van der Waals surface area (Å²) < 4.78 is 0. The average molecular weight is 257 g/mol. The van der Waals surface area contributed by atoms with Crippen molar-refractivity contribution in [2.45, 2.75) is 20.3 Å². The van der Waals surface area contributed by atoms with E-state index in [0.717, 1.165) is 0 Å². The Hall–Kier alpha value is -1.17. The highest BCUT2D eigenvalue weighted by Crippen LogP contribution is 2.10. The maximum absolute atomic E-state index is 12.0. The van der Waals surface area contributed by atoms with E-state index in [1.807, 2.05) is 6.92 Å². The Labute approximate surface area is 107 Å². The number of nitrogens with two attached hydrogens (primary N) is 1. The first-order valence-electron chi connectivity index (χ1n) is 5.74. The minimum Gasteiger partial charge on any atom is -0.393 e. The van der Waals surface area contributed by atoms with E-state index in [4.69, 9.17) is 18.0 Å². The first kappa shape index (κ1) is 13.9. The molecular formula is C11H19N3O2S. The molecule has 5 nitrogen and oxygen atoms in total. The van der Waals surface area contributed by atoms with Crippen molar-refractivity contribution in [1.29, 1.82) is 0 Å². The highest BCUT2D eigenvalue weighted by atomic mass is 32.1. The van der Waals surface area contributed by atoms with Crippen LogP contribution in [0.3, 0.4) is 0 Å². The van der Waals surface area contributed by atoms with Crippen LogP contribution < -0.4 is 5.73 Å². The molecule has 17 heavy (non-hydrogen) atoms. The highest BCUT2D eigenvalue weighted by molar-refractivity contribution is 7.80. The van der Waals surface area contributed by atoms with E-state index in [0.29, 0.717) is 37.6 Å². The van der Waals surface area contributed by atoms with Crippen LogP contribution in [0.15, 0.2) is 0 Å². The fraction of sp³-hybridized carbons (Fsp3) is 0.727. The Kier molecular flexibility index (Phi) is 4.86. The molecule has 1 rings (SSSR count). The topological polar surface area (TPSA) is 66.6 Å². The predicted molar refractivity (Wildman–Crippen MR) is 69.4 cm³/mol. The highest BCUT2D eigenvalue weighted by Gasteiger charge is 2.25. The van der Waals surface area contributed by atoms with Gasteiger partial charge in [0.25, 0.3) is 0 Å². The molecule has 0 radical (unpaired) electrons. The smallest absolute Gasteiger partial charge is 0.225 e. The van der Waals surface area contributed by atoms with Gasteiger partial charge < -0.3 is 15.5 Å². The quantitative estimate of drug-likeness (QED) is 0.722. The van der Waals surface area contributed by atoms with E-state index in [9.17, 15) is 9.59 Å². The summed E-state index contributed by atoms with van der Waals surface area (Å²) >= 11 is 4.80. The third-order valence-electron chi connectivity index (χ3n) is 2.97. The van der Waals surface area contributed by atoms with E-state index in [1.54, 1.807) is 16.7 Å². The van der Waals surface area contributed by atoms with Crippen molar-refractivity contribution in [2.24, 2.45) is 11.7 Å². The molecule has 1 unspecified atom stereocenters. The van der Waals surface area contributed by atoms with Crippen LogP contribution in [0, 0.1) is 5.92 Å². The van der Waals surface area contributed by atoms with Gasteiger partial charge in [-0.15, -0.1) is 0 Å². The van der Waals surface area contributed by atoms with Crippen LogP contribution in [0.25, 0.3) is 0 Å². The molecule has 2 N–H and O–H groups in total. The lowest BCUT2D eigenvalue weighted by Crippen LogP contribution is -2.51. The van der Waals surface area contributed by atoms with E-state index in [-0.39, 0.29) is 17.7 Å². The maximum atomic E-state index is 12.0. The zero-order valence-electron chi connectivity index (χ0n) is 10.3. The molecule has 2 amide bonds. The largest absolute Gasteiger partial charge is 0.393 e. The molecule has 6 heteroatoms. The van der Waals surface area contributed by atoms with Gasteiger partial charge in [0.1, 0.15) is 0 Å². The van der Waals surface area contributed by atoms with Gasteiger partial charge in [-0.3, -0.25) is 9.59 Å². The summed E-state index contributed by atoms with van der Waals surface area (Å²) in [7, 11) is 0. The SMILES string of the molecule is CC(=O)N1CCN(C(=O)C(C)CC(N)=S)CC1. The van der Waals surface area contributed by atoms with E-state index in [1.165, 1.54) is 0 Å². The molecule has 0 aromatic rings. The molecule has 96 valence electrons. The summed E-state index contributed by atoms with van der Waals surface area (Å²) in [6.45, 7) is 5.80. The van der Waals surface area contributed by atoms with Gasteiger partial charge in [0.2, 0.25) is 11.8 Å². The summed E-state index contributed by atoms with van der Waals surface area (Å²) in [5.74, 6) is -0.0364. The van der Waals surface area contributed by atoms with Crippen molar-refractivity contribution >= 4 is 29.0 Å². The fourth-order valence-corrected chi connectivity index (χ4v) is 2.19. The van der Waals surface area contributed by atoms with E-state index in [2.05, 4.69) is 0 Å². The minimum absolute atomic E-state index is 0.0632. The fourth-order valence-electron chi connectivity index (χ4n) is 1.94. The summed E-state index contributed by atoms with van der Waals surface area (Å²) in [4.78, 5) is 27.1. The van der Waals surface area contributed by atoms with E-state index >= 15 is 0 Å². The lowest BCUT2D eigenvalue weighted by atomic mass is 10.1. The summed E-state index contributed by atoms with van der Waals surface area (Å²) in [5, 5.41) is 0. The number of thiocarbonyl (C=S) groups is 1. The van der Waals surface area contributed by atoms with Gasteiger partial charge >= 0.3 is 0 Å². The van der Waals surface area contributed by atoms with Crippen LogP contribution >= 0.6 is 12.2 Å². The summed E-state index contributed by atoms with van der Waals surface area (Å²) in [5.41, 5.74) is 5.43. The zero-order chi connectivity index (χ0) is 13.0. The van der Waals surface area contributed by atoms with Gasteiger partial charge in [0, 0.05) is 45.4 Å². The summed E-state index contributed by atoms with van der Waals surface area (Å²) in [6, 6.07) is 0. The van der Waals surface area contributed by atoms with Crippen LogP contribution in [0.2, 0.25) is 0 Å². The Bertz CT molecular complexity index is 325. The molecule has 0 aromatic heterocycles. The molecule has 1 fully saturated rings. The Morgan fingerprint density at radius 1 is 1.24 bits per heavy atom. The molecule has 0 aliphatic carbocycles. The summed E-state index contributed by atoms with van der Waals surface area (Å²) in [6.07, 6.45) is 0.446. The van der Waals surface area contributed by atoms with Crippen LogP contribution in [0.4, 0.5) is 0 Å². The van der Waals surface area contributed by atoms with Crippen LogP contribution in [-0.4, -0.2) is 52.8 Å². The molecular weight excluding hydrogens is 238 g/mol. The number of hydrogen-bond donors (Lipinski definition) is 1. The van der Waals surface area contributed by atoms with Crippen molar-refractivity contribution in [3.63, 3.8) is 0 Å². The van der Waals surface area contributed by atoms with Crippen molar-refractivity contribution in [3.05, 3.63) is 0 Å². The van der Waals surface area contributed by atoms with Crippen molar-refractivity contribution < 1.29 is 9.59 Å². The zero-order valence-corrected chi connectivity index (χ0v) is 11.1. The monoisotopic (exact) mass is 257 g/mol. The molecule has 1 heterocycles. The number of carbonyl (C=O) groups is 2. The first-order chi connectivity index (χ1) is 7.91. The molecule has 0 saturated carbocycles. The molecule has 0 aromatic carbocycles. The third-order valence-corrected chi connectivity index (χ3v) is 3.13. The number of amides is 2. The number of rotatable bonds is 3. The molecule has 0 spiro atoms. The van der Waals surface area contributed by atoms with Crippen LogP contribution in [0.5, 0.6) is 0 Å². The molecule has 0 bridgehead atoms. The van der Waals surface area contributed by atoms with Crippen molar-refractivity contribution in [2.75, 3.05) is 26.2 Å². The molecule has 1 aliphatic heterocycles. The Morgan fingerprint density at radius 2 is 1.71 bits per heavy atom. The maximum Gasteiger partial charge on any atom is 0.225 e. The normalized spacial score (nSPS) is 17.8. The van der Waals surface area contributed by atoms with Crippen LogP contribution in [0.1, 0.15) is 20.3 Å². The number of piperazine rings is 1. The van der Waals surface area contributed by atoms with Gasteiger partial charge in [-0.2, -0.15) is 0 Å². The average Bonchev–Trinajstić information content (AvgIpc) is 2.27. The molecule has 1 atom stereocenters. The van der Waals surface area contributed by atoms with Gasteiger partial charge in [-0.05, 0) is 0 Å². The third kappa shape index (κ3) is 3.96. The second-order valence-corrected chi connectivity index (χ2v) is 4.93. The Balaban J connectivity index is 2.45. The van der Waals surface area contributed by atoms with Crippen LogP contribution in [-0.2, 0) is 9.59 Å². The predicted octanol–water partition coefficient (Wildman–Crippen LogP) is -0.0106. The lowest BCUT2D eigenvalue weighted by Gasteiger charge is -2.35. The lowest BCUT2D eigenvalue weighted by molar-refractivity contribution is -0.140. The second kappa shape index (κ2) is 5.95. The molecule has 1 aliphatic rings. The number of nitrogens with zero attached hydrogens (tertiary/aromatic N) is 2. The standard InChI is InChI=1S/C11H19N3O2S/c1-8(7-10(12)17)11(16)14-5-3-13(4-6-14)9(2)15/h8H,3-7H2,1-2H3,(H2,12,17). The number of hydrogen-bond acceptors (Lipinski definition) is 3.